The highest BCUT2D eigenvalue weighted by Gasteiger charge is 2.13. The Morgan fingerprint density at radius 1 is 1.18 bits per heavy atom. The molecule has 118 valence electrons. The Bertz CT molecular complexity index is 733. The maximum absolute atomic E-state index is 11.5. The van der Waals surface area contributed by atoms with Gasteiger partial charge in [0, 0.05) is 10.8 Å². The first kappa shape index (κ1) is 17.1. The van der Waals surface area contributed by atoms with Crippen molar-refractivity contribution in [2.45, 2.75) is 17.7 Å². The molecule has 0 aliphatic rings. The normalized spacial score (nSPS) is 12.9. The fourth-order valence-electron chi connectivity index (χ4n) is 1.93. The fourth-order valence-corrected chi connectivity index (χ4v) is 3.67. The summed E-state index contributed by atoms with van der Waals surface area (Å²) in [6.45, 7) is 2.10. The van der Waals surface area contributed by atoms with Crippen LogP contribution in [0.5, 0.6) is 0 Å². The molecular formula is C15H17ClN2O2S2. The maximum Gasteiger partial charge on any atom is 0.240 e. The van der Waals surface area contributed by atoms with Crippen molar-refractivity contribution < 1.29 is 8.42 Å². The summed E-state index contributed by atoms with van der Waals surface area (Å²) < 4.78 is 26.1. The molecule has 0 radical (unpaired) electrons. The smallest absolute Gasteiger partial charge is 0.240 e. The van der Waals surface area contributed by atoms with E-state index < -0.39 is 10.0 Å². The predicted molar refractivity (Wildman–Crippen MR) is 93.8 cm³/mol. The number of hydrogen-bond acceptors (Lipinski definition) is 4. The lowest BCUT2D eigenvalue weighted by Crippen LogP contribution is -2.14. The molecule has 1 atom stereocenters. The first-order chi connectivity index (χ1) is 10.4. The molecule has 7 heteroatoms. The number of anilines is 1. The lowest BCUT2D eigenvalue weighted by molar-refractivity contribution is 0.598. The summed E-state index contributed by atoms with van der Waals surface area (Å²) in [5, 5.41) is 5.92. The van der Waals surface area contributed by atoms with Crippen molar-refractivity contribution in [3.05, 3.63) is 59.1 Å². The molecule has 0 saturated heterocycles. The van der Waals surface area contributed by atoms with Crippen LogP contribution in [-0.2, 0) is 10.0 Å². The van der Waals surface area contributed by atoms with Crippen molar-refractivity contribution >= 4 is 39.3 Å². The molecule has 0 fully saturated rings. The molecule has 0 aliphatic heterocycles. The highest BCUT2D eigenvalue weighted by molar-refractivity contribution is 8.00. The minimum absolute atomic E-state index is 0.0987. The molecular weight excluding hydrogens is 340 g/mol. The predicted octanol–water partition coefficient (Wildman–Crippen LogP) is 3.85. The number of primary sulfonamides is 1. The Morgan fingerprint density at radius 3 is 2.45 bits per heavy atom. The van der Waals surface area contributed by atoms with E-state index in [-0.39, 0.29) is 4.90 Å². The van der Waals surface area contributed by atoms with Gasteiger partial charge in [0.25, 0.3) is 0 Å². The maximum atomic E-state index is 11.5. The molecule has 1 unspecified atom stereocenters. The van der Waals surface area contributed by atoms with Gasteiger partial charge in [-0.05, 0) is 35.7 Å². The molecule has 0 saturated carbocycles. The number of rotatable bonds is 6. The van der Waals surface area contributed by atoms with E-state index in [4.69, 9.17) is 16.7 Å². The van der Waals surface area contributed by atoms with Gasteiger partial charge in [0.2, 0.25) is 10.0 Å². The number of halogens is 1. The van der Waals surface area contributed by atoms with Gasteiger partial charge in [-0.2, -0.15) is 0 Å². The first-order valence-corrected chi connectivity index (χ1v) is 9.54. The molecule has 2 aromatic rings. The van der Waals surface area contributed by atoms with Crippen LogP contribution in [0.2, 0.25) is 5.02 Å². The molecule has 2 rings (SSSR count). The van der Waals surface area contributed by atoms with Crippen LogP contribution in [0.4, 0.5) is 5.69 Å². The number of sulfonamides is 1. The minimum Gasteiger partial charge on any atom is -0.329 e. The van der Waals surface area contributed by atoms with E-state index in [1.54, 1.807) is 18.2 Å². The second-order valence-electron chi connectivity index (χ2n) is 4.91. The minimum atomic E-state index is -3.73. The van der Waals surface area contributed by atoms with E-state index in [1.807, 2.05) is 24.3 Å². The van der Waals surface area contributed by atoms with Gasteiger partial charge in [0.15, 0.2) is 0 Å². The van der Waals surface area contributed by atoms with Crippen molar-refractivity contribution in [1.82, 2.24) is 0 Å². The second kappa shape index (κ2) is 7.37. The van der Waals surface area contributed by atoms with E-state index >= 15 is 0 Å². The van der Waals surface area contributed by atoms with E-state index in [9.17, 15) is 8.42 Å². The molecule has 0 spiro atoms. The zero-order valence-electron chi connectivity index (χ0n) is 12.0. The third-order valence-electron chi connectivity index (χ3n) is 3.15. The quantitative estimate of drug-likeness (QED) is 0.771. The molecule has 4 nitrogen and oxygen atoms in total. The Morgan fingerprint density at radius 2 is 1.82 bits per heavy atom. The van der Waals surface area contributed by atoms with Crippen molar-refractivity contribution in [2.24, 2.45) is 5.14 Å². The zero-order valence-corrected chi connectivity index (χ0v) is 14.4. The van der Waals surface area contributed by atoms with E-state index in [1.165, 1.54) is 23.6 Å². The molecule has 0 heterocycles. The van der Waals surface area contributed by atoms with Crippen LogP contribution < -0.4 is 9.86 Å². The molecule has 0 aromatic heterocycles. The average Bonchev–Trinajstić information content (AvgIpc) is 2.47. The summed E-state index contributed by atoms with van der Waals surface area (Å²) >= 11 is 7.32. The highest BCUT2D eigenvalue weighted by Crippen LogP contribution is 2.26. The number of para-hydroxylation sites is 1. The molecule has 0 amide bonds. The average molecular weight is 357 g/mol. The molecule has 2 aromatic carbocycles. The third kappa shape index (κ3) is 4.64. The Kier molecular flexibility index (Phi) is 5.74. The van der Waals surface area contributed by atoms with Gasteiger partial charge >= 0.3 is 0 Å². The van der Waals surface area contributed by atoms with Gasteiger partial charge in [-0.15, -0.1) is 0 Å². The summed E-state index contributed by atoms with van der Waals surface area (Å²) in [7, 11) is -3.73. The number of nitrogens with two attached hydrogens (primary N) is 1. The van der Waals surface area contributed by atoms with E-state index in [0.717, 1.165) is 5.75 Å². The Hall–Kier alpha value is -1.21. The highest BCUT2D eigenvalue weighted by atomic mass is 35.5. The topological polar surface area (TPSA) is 72.2 Å². The number of benzene rings is 2. The third-order valence-corrected chi connectivity index (χ3v) is 5.40. The summed E-state index contributed by atoms with van der Waals surface area (Å²) in [5.41, 5.74) is 1.68. The van der Waals surface area contributed by atoms with Gasteiger partial charge in [0.05, 0.1) is 5.69 Å². The van der Waals surface area contributed by atoms with Crippen molar-refractivity contribution in [3.63, 3.8) is 0 Å². The lowest BCUT2D eigenvalue weighted by atomic mass is 10.0. The lowest BCUT2D eigenvalue weighted by Gasteiger charge is -2.14. The first-order valence-electron chi connectivity index (χ1n) is 6.63. The van der Waals surface area contributed by atoms with E-state index in [2.05, 4.69) is 11.6 Å². The van der Waals surface area contributed by atoms with Crippen LogP contribution >= 0.6 is 23.5 Å². The van der Waals surface area contributed by atoms with Crippen LogP contribution in [0.15, 0.2) is 53.4 Å². The molecule has 3 N–H and O–H groups in total. The standard InChI is InChI=1S/C15H17ClN2O2S2/c1-11(12-6-8-13(16)9-7-12)10-21-18-14-4-2-3-5-15(14)22(17,19)20/h2-9,11,18H,10H2,1H3,(H2,17,19,20). The molecule has 0 aliphatic carbocycles. The number of nitrogens with one attached hydrogen (secondary N) is 1. The monoisotopic (exact) mass is 356 g/mol. The molecule has 22 heavy (non-hydrogen) atoms. The summed E-state index contributed by atoms with van der Waals surface area (Å²) in [6, 6.07) is 14.3. The van der Waals surface area contributed by atoms with Crippen molar-refractivity contribution in [1.29, 1.82) is 0 Å². The van der Waals surface area contributed by atoms with Crippen LogP contribution in [0.3, 0.4) is 0 Å². The second-order valence-corrected chi connectivity index (χ2v) is 7.70. The van der Waals surface area contributed by atoms with Crippen LogP contribution in [0, 0.1) is 0 Å². The molecule has 0 bridgehead atoms. The van der Waals surface area contributed by atoms with Gasteiger partial charge in [-0.25, -0.2) is 13.6 Å². The largest absolute Gasteiger partial charge is 0.329 e. The fraction of sp³-hybridized carbons (Fsp3) is 0.200. The van der Waals surface area contributed by atoms with Gasteiger partial charge < -0.3 is 4.72 Å². The van der Waals surface area contributed by atoms with Gasteiger partial charge in [-0.1, -0.05) is 54.7 Å². The van der Waals surface area contributed by atoms with Crippen LogP contribution in [0.1, 0.15) is 18.4 Å². The van der Waals surface area contributed by atoms with Gasteiger partial charge in [-0.3, -0.25) is 0 Å². The Balaban J connectivity index is 1.98. The number of hydrogen-bond donors (Lipinski definition) is 2. The van der Waals surface area contributed by atoms with E-state index in [0.29, 0.717) is 16.6 Å². The van der Waals surface area contributed by atoms with Crippen LogP contribution in [-0.4, -0.2) is 14.2 Å². The zero-order chi connectivity index (χ0) is 16.2. The summed E-state index contributed by atoms with van der Waals surface area (Å²) in [5.74, 6) is 1.08. The van der Waals surface area contributed by atoms with Crippen LogP contribution in [0.25, 0.3) is 0 Å². The Labute approximate surface area is 140 Å². The summed E-state index contributed by atoms with van der Waals surface area (Å²) in [4.78, 5) is 0.0987. The van der Waals surface area contributed by atoms with Crippen molar-refractivity contribution in [3.8, 4) is 0 Å². The van der Waals surface area contributed by atoms with Gasteiger partial charge in [0.1, 0.15) is 4.90 Å². The SMILES string of the molecule is CC(CSNc1ccccc1S(N)(=O)=O)c1ccc(Cl)cc1. The summed E-state index contributed by atoms with van der Waals surface area (Å²) in [6.07, 6.45) is 0. The van der Waals surface area contributed by atoms with Crippen molar-refractivity contribution in [2.75, 3.05) is 10.5 Å².